The summed E-state index contributed by atoms with van der Waals surface area (Å²) >= 11 is 5.46. The Morgan fingerprint density at radius 3 is 2.28 bits per heavy atom. The Morgan fingerprint density at radius 2 is 1.83 bits per heavy atom. The van der Waals surface area contributed by atoms with Gasteiger partial charge >= 0.3 is 5.97 Å². The number of carbonyl (C=O) groups is 1. The first kappa shape index (κ1) is 14.8. The van der Waals surface area contributed by atoms with Crippen molar-refractivity contribution in [3.8, 4) is 0 Å². The molecular weight excluding hydrogens is 269 g/mol. The largest absolute Gasteiger partial charge is 0.481 e. The van der Waals surface area contributed by atoms with Crippen LogP contribution in [0.2, 0.25) is 0 Å². The van der Waals surface area contributed by atoms with E-state index in [0.29, 0.717) is 18.7 Å². The van der Waals surface area contributed by atoms with Gasteiger partial charge in [-0.25, -0.2) is 13.2 Å². The number of hydrogen-bond acceptors (Lipinski definition) is 1. The van der Waals surface area contributed by atoms with E-state index in [0.717, 1.165) is 12.1 Å². The molecule has 18 heavy (non-hydrogen) atoms. The summed E-state index contributed by atoms with van der Waals surface area (Å²) < 4.78 is 38.6. The number of hydrogen-bond donors (Lipinski definition) is 1. The molecule has 1 N–H and O–H groups in total. The van der Waals surface area contributed by atoms with E-state index in [2.05, 4.69) is 0 Å². The van der Waals surface area contributed by atoms with Crippen LogP contribution in [0.1, 0.15) is 18.4 Å². The Balaban J connectivity index is 2.84. The molecule has 0 amide bonds. The molecule has 0 spiro atoms. The fourth-order valence-electron chi connectivity index (χ4n) is 1.65. The molecule has 0 saturated carbocycles. The van der Waals surface area contributed by atoms with Gasteiger partial charge in [0.1, 0.15) is 0 Å². The Hall–Kier alpha value is -1.23. The van der Waals surface area contributed by atoms with Crippen LogP contribution in [0, 0.1) is 23.4 Å². The molecule has 0 heterocycles. The summed E-state index contributed by atoms with van der Waals surface area (Å²) in [7, 11) is 0. The summed E-state index contributed by atoms with van der Waals surface area (Å²) in [5.41, 5.74) is 0.119. The van der Waals surface area contributed by atoms with Gasteiger partial charge in [-0.2, -0.15) is 0 Å². The number of rotatable bonds is 6. The summed E-state index contributed by atoms with van der Waals surface area (Å²) in [5.74, 6) is -5.71. The zero-order valence-corrected chi connectivity index (χ0v) is 10.2. The minimum Gasteiger partial charge on any atom is -0.481 e. The molecule has 1 unspecified atom stereocenters. The summed E-state index contributed by atoms with van der Waals surface area (Å²) in [6.07, 6.45) is 0.741. The lowest BCUT2D eigenvalue weighted by Gasteiger charge is -2.12. The van der Waals surface area contributed by atoms with Crippen LogP contribution in [0.4, 0.5) is 13.2 Å². The van der Waals surface area contributed by atoms with Crippen molar-refractivity contribution in [3.05, 3.63) is 35.1 Å². The monoisotopic (exact) mass is 280 g/mol. The number of carboxylic acid groups (broad SMARTS) is 1. The van der Waals surface area contributed by atoms with Gasteiger partial charge < -0.3 is 5.11 Å². The Bertz CT molecular complexity index is 414. The minimum atomic E-state index is -1.55. The van der Waals surface area contributed by atoms with Crippen molar-refractivity contribution in [3.63, 3.8) is 0 Å². The molecule has 1 aromatic carbocycles. The van der Waals surface area contributed by atoms with Crippen molar-refractivity contribution in [2.45, 2.75) is 19.3 Å². The Labute approximate surface area is 107 Å². The molecule has 2 nitrogen and oxygen atoms in total. The number of alkyl halides is 1. The van der Waals surface area contributed by atoms with Crippen LogP contribution >= 0.6 is 11.6 Å². The van der Waals surface area contributed by atoms with Gasteiger partial charge in [-0.3, -0.25) is 4.79 Å². The lowest BCUT2D eigenvalue weighted by Crippen LogP contribution is -2.17. The second-order valence-electron chi connectivity index (χ2n) is 3.94. The number of carboxylic acids is 1. The average molecular weight is 281 g/mol. The van der Waals surface area contributed by atoms with Gasteiger partial charge in [-0.05, 0) is 37.0 Å². The molecule has 1 atom stereocenters. The molecule has 1 rings (SSSR count). The van der Waals surface area contributed by atoms with Crippen LogP contribution in [0.25, 0.3) is 0 Å². The van der Waals surface area contributed by atoms with Crippen molar-refractivity contribution < 1.29 is 23.1 Å². The van der Waals surface area contributed by atoms with Crippen LogP contribution in [0.15, 0.2) is 12.1 Å². The molecule has 1 aromatic rings. The number of benzene rings is 1. The van der Waals surface area contributed by atoms with Crippen molar-refractivity contribution in [1.82, 2.24) is 0 Å². The van der Waals surface area contributed by atoms with Gasteiger partial charge in [0.2, 0.25) is 0 Å². The van der Waals surface area contributed by atoms with Crippen molar-refractivity contribution >= 4 is 17.6 Å². The third-order valence-corrected chi connectivity index (χ3v) is 2.83. The van der Waals surface area contributed by atoms with E-state index in [4.69, 9.17) is 16.7 Å². The van der Waals surface area contributed by atoms with E-state index in [1.807, 2.05) is 0 Å². The molecule has 0 bridgehead atoms. The van der Waals surface area contributed by atoms with Crippen molar-refractivity contribution in [2.24, 2.45) is 5.92 Å². The molecule has 0 aliphatic heterocycles. The minimum absolute atomic E-state index is 0.0552. The van der Waals surface area contributed by atoms with Gasteiger partial charge in [0, 0.05) is 5.88 Å². The lowest BCUT2D eigenvalue weighted by atomic mass is 9.95. The fraction of sp³-hybridized carbons (Fsp3) is 0.417. The molecule has 0 aromatic heterocycles. The van der Waals surface area contributed by atoms with E-state index < -0.39 is 29.3 Å². The maximum Gasteiger partial charge on any atom is 0.306 e. The third kappa shape index (κ3) is 3.91. The van der Waals surface area contributed by atoms with Crippen LogP contribution in [-0.4, -0.2) is 17.0 Å². The highest BCUT2D eigenvalue weighted by Crippen LogP contribution is 2.19. The van der Waals surface area contributed by atoms with E-state index in [-0.39, 0.29) is 12.0 Å². The van der Waals surface area contributed by atoms with Gasteiger partial charge in [0.25, 0.3) is 0 Å². The molecule has 0 fully saturated rings. The fourth-order valence-corrected chi connectivity index (χ4v) is 1.80. The predicted molar refractivity (Wildman–Crippen MR) is 61.1 cm³/mol. The molecular formula is C12H12ClF3O2. The van der Waals surface area contributed by atoms with Gasteiger partial charge in [-0.1, -0.05) is 0 Å². The normalized spacial score (nSPS) is 12.4. The molecule has 0 radical (unpaired) electrons. The van der Waals surface area contributed by atoms with E-state index in [1.54, 1.807) is 0 Å². The average Bonchev–Trinajstić information content (AvgIpc) is 2.30. The zero-order chi connectivity index (χ0) is 13.7. The highest BCUT2D eigenvalue weighted by atomic mass is 35.5. The summed E-state index contributed by atoms with van der Waals surface area (Å²) in [6.45, 7) is 0. The Kier molecular flexibility index (Phi) is 5.47. The highest BCUT2D eigenvalue weighted by Gasteiger charge is 2.19. The zero-order valence-electron chi connectivity index (χ0n) is 9.43. The Morgan fingerprint density at radius 1 is 1.28 bits per heavy atom. The maximum atomic E-state index is 13.0. The van der Waals surface area contributed by atoms with E-state index >= 15 is 0 Å². The summed E-state index contributed by atoms with van der Waals surface area (Å²) in [6, 6.07) is 1.63. The standard InChI is InChI=1S/C12H12ClF3O2/c13-3-1-2-8(12(17)18)4-7-5-9(14)11(16)10(15)6-7/h5-6,8H,1-4H2,(H,17,18). The third-order valence-electron chi connectivity index (χ3n) is 2.56. The quantitative estimate of drug-likeness (QED) is 0.641. The second kappa shape index (κ2) is 6.64. The maximum absolute atomic E-state index is 13.0. The smallest absolute Gasteiger partial charge is 0.306 e. The number of halogens is 4. The molecule has 0 saturated heterocycles. The summed E-state index contributed by atoms with van der Waals surface area (Å²) in [4.78, 5) is 10.9. The van der Waals surface area contributed by atoms with Crippen molar-refractivity contribution in [1.29, 1.82) is 0 Å². The second-order valence-corrected chi connectivity index (χ2v) is 4.32. The van der Waals surface area contributed by atoms with Crippen LogP contribution < -0.4 is 0 Å². The SMILES string of the molecule is O=C(O)C(CCCCl)Cc1cc(F)c(F)c(F)c1. The van der Waals surface area contributed by atoms with Crippen LogP contribution in [0.3, 0.4) is 0 Å². The lowest BCUT2D eigenvalue weighted by molar-refractivity contribution is -0.141. The van der Waals surface area contributed by atoms with E-state index in [1.165, 1.54) is 0 Å². The topological polar surface area (TPSA) is 37.3 Å². The molecule has 0 aliphatic carbocycles. The first-order valence-electron chi connectivity index (χ1n) is 5.38. The van der Waals surface area contributed by atoms with Gasteiger partial charge in [-0.15, -0.1) is 11.6 Å². The predicted octanol–water partition coefficient (Wildman–Crippen LogP) is 3.37. The first-order chi connectivity index (χ1) is 8.45. The van der Waals surface area contributed by atoms with Crippen LogP contribution in [0.5, 0.6) is 0 Å². The number of aliphatic carboxylic acids is 1. The van der Waals surface area contributed by atoms with Gasteiger partial charge in [0.05, 0.1) is 5.92 Å². The van der Waals surface area contributed by atoms with E-state index in [9.17, 15) is 18.0 Å². The first-order valence-corrected chi connectivity index (χ1v) is 5.91. The molecule has 6 heteroatoms. The molecule has 0 aliphatic rings. The highest BCUT2D eigenvalue weighted by molar-refractivity contribution is 6.17. The van der Waals surface area contributed by atoms with Crippen LogP contribution in [-0.2, 0) is 11.2 Å². The van der Waals surface area contributed by atoms with Crippen molar-refractivity contribution in [2.75, 3.05) is 5.88 Å². The van der Waals surface area contributed by atoms with Gasteiger partial charge in [0.15, 0.2) is 17.5 Å². The summed E-state index contributed by atoms with van der Waals surface area (Å²) in [5, 5.41) is 8.95. The molecule has 100 valence electrons.